The van der Waals surface area contributed by atoms with Gasteiger partial charge in [0, 0.05) is 24.0 Å². The molecule has 178 valence electrons. The number of aromatic nitrogens is 2. The number of benzene rings is 2. The first kappa shape index (κ1) is 23.5. The van der Waals surface area contributed by atoms with Crippen molar-refractivity contribution in [3.05, 3.63) is 86.8 Å². The van der Waals surface area contributed by atoms with Crippen molar-refractivity contribution in [2.24, 2.45) is 0 Å². The molecule has 1 amide bonds. The largest absolute Gasteiger partial charge is 0.416 e. The smallest absolute Gasteiger partial charge is 0.307 e. The van der Waals surface area contributed by atoms with Gasteiger partial charge >= 0.3 is 12.4 Å². The van der Waals surface area contributed by atoms with Crippen molar-refractivity contribution >= 4 is 11.6 Å². The molecule has 0 fully saturated rings. The topological polar surface area (TPSA) is 55.2 Å². The van der Waals surface area contributed by atoms with Crippen LogP contribution in [0.4, 0.5) is 32.0 Å². The van der Waals surface area contributed by atoms with Crippen molar-refractivity contribution in [2.45, 2.75) is 32.1 Å². The zero-order chi connectivity index (χ0) is 24.8. The molecule has 1 aliphatic heterocycles. The van der Waals surface area contributed by atoms with Gasteiger partial charge < -0.3 is 4.90 Å². The Kier molecular flexibility index (Phi) is 5.74. The number of hydrogen-bond donors (Lipinski definition) is 0. The van der Waals surface area contributed by atoms with Crippen LogP contribution in [0, 0.1) is 6.92 Å². The summed E-state index contributed by atoms with van der Waals surface area (Å²) in [6, 6.07) is 8.33. The minimum absolute atomic E-state index is 0.00441. The molecule has 0 saturated heterocycles. The molecule has 0 saturated carbocycles. The Labute approximate surface area is 189 Å². The molecule has 0 spiro atoms. The number of halogens is 6. The second-order valence-electron chi connectivity index (χ2n) is 7.86. The molecule has 11 heteroatoms. The number of rotatable bonds is 2. The first-order valence-electron chi connectivity index (χ1n) is 10.2. The van der Waals surface area contributed by atoms with Crippen LogP contribution in [0.25, 0.3) is 5.69 Å². The Bertz CT molecular complexity index is 1330. The van der Waals surface area contributed by atoms with Crippen LogP contribution >= 0.6 is 0 Å². The molecule has 34 heavy (non-hydrogen) atoms. The molecule has 0 atom stereocenters. The second kappa shape index (κ2) is 8.30. The van der Waals surface area contributed by atoms with E-state index in [1.807, 2.05) is 0 Å². The van der Waals surface area contributed by atoms with Gasteiger partial charge in [-0.1, -0.05) is 6.07 Å². The summed E-state index contributed by atoms with van der Waals surface area (Å²) in [7, 11) is 0. The summed E-state index contributed by atoms with van der Waals surface area (Å²) in [6.07, 6.45) is -8.46. The van der Waals surface area contributed by atoms with Crippen LogP contribution in [0.15, 0.2) is 53.3 Å². The third-order valence-corrected chi connectivity index (χ3v) is 5.50. The molecular weight excluding hydrogens is 464 g/mol. The van der Waals surface area contributed by atoms with E-state index in [-0.39, 0.29) is 23.6 Å². The summed E-state index contributed by atoms with van der Waals surface area (Å²) in [5.74, 6) is -0.841. The Hall–Kier alpha value is -3.63. The maximum Gasteiger partial charge on any atom is 0.416 e. The standard InChI is InChI=1S/C23H17F6N3O2/c1-13-10-19(33)20(30-32(13)17-6-2-5-15(12-17)22(24,25)26)21(34)31-9-3-4-14-11-16(23(27,28)29)7-8-18(14)31/h2,5-8,10-12H,3-4,9H2,1H3. The Morgan fingerprint density at radius 2 is 1.62 bits per heavy atom. The lowest BCUT2D eigenvalue weighted by molar-refractivity contribution is -0.138. The number of hydrogen-bond acceptors (Lipinski definition) is 3. The lowest BCUT2D eigenvalue weighted by Crippen LogP contribution is -2.39. The van der Waals surface area contributed by atoms with Gasteiger partial charge in [-0.2, -0.15) is 31.4 Å². The zero-order valence-corrected chi connectivity index (χ0v) is 17.7. The van der Waals surface area contributed by atoms with Crippen molar-refractivity contribution in [3.8, 4) is 5.69 Å². The molecule has 0 radical (unpaired) electrons. The summed E-state index contributed by atoms with van der Waals surface area (Å²) in [5, 5.41) is 4.04. The highest BCUT2D eigenvalue weighted by Gasteiger charge is 2.34. The quantitative estimate of drug-likeness (QED) is 0.475. The second-order valence-corrected chi connectivity index (χ2v) is 7.86. The number of alkyl halides is 6. The highest BCUT2D eigenvalue weighted by molar-refractivity contribution is 6.05. The Balaban J connectivity index is 1.76. The van der Waals surface area contributed by atoms with Crippen molar-refractivity contribution < 1.29 is 31.1 Å². The molecule has 2 aromatic carbocycles. The van der Waals surface area contributed by atoms with Crippen LogP contribution in [0.2, 0.25) is 0 Å². The molecule has 0 aliphatic carbocycles. The molecule has 0 bridgehead atoms. The maximum atomic E-state index is 13.2. The third kappa shape index (κ3) is 4.42. The van der Waals surface area contributed by atoms with Crippen LogP contribution in [-0.2, 0) is 18.8 Å². The molecule has 0 N–H and O–H groups in total. The summed E-state index contributed by atoms with van der Waals surface area (Å²) in [4.78, 5) is 27.0. The van der Waals surface area contributed by atoms with Gasteiger partial charge in [0.2, 0.25) is 5.43 Å². The van der Waals surface area contributed by atoms with Crippen LogP contribution in [0.1, 0.15) is 39.3 Å². The first-order chi connectivity index (χ1) is 15.9. The molecule has 1 aromatic heterocycles. The number of carbonyl (C=O) groups excluding carboxylic acids is 1. The van der Waals surface area contributed by atoms with Crippen LogP contribution in [-0.4, -0.2) is 22.2 Å². The van der Waals surface area contributed by atoms with Crippen molar-refractivity contribution in [1.29, 1.82) is 0 Å². The fourth-order valence-electron chi connectivity index (χ4n) is 3.88. The molecule has 1 aliphatic rings. The van der Waals surface area contributed by atoms with Gasteiger partial charge in [-0.05, 0) is 61.7 Å². The highest BCUT2D eigenvalue weighted by Crippen LogP contribution is 2.35. The van der Waals surface area contributed by atoms with Gasteiger partial charge in [-0.15, -0.1) is 0 Å². The monoisotopic (exact) mass is 481 g/mol. The van der Waals surface area contributed by atoms with E-state index < -0.39 is 40.5 Å². The van der Waals surface area contributed by atoms with E-state index in [2.05, 4.69) is 5.10 Å². The van der Waals surface area contributed by atoms with Crippen molar-refractivity contribution in [1.82, 2.24) is 9.78 Å². The van der Waals surface area contributed by atoms with Gasteiger partial charge in [0.1, 0.15) is 0 Å². The average Bonchev–Trinajstić information content (AvgIpc) is 2.77. The van der Waals surface area contributed by atoms with E-state index in [0.29, 0.717) is 18.4 Å². The Morgan fingerprint density at radius 3 is 2.29 bits per heavy atom. The van der Waals surface area contributed by atoms with E-state index in [9.17, 15) is 35.9 Å². The van der Waals surface area contributed by atoms with E-state index in [1.54, 1.807) is 0 Å². The van der Waals surface area contributed by atoms with E-state index >= 15 is 0 Å². The third-order valence-electron chi connectivity index (χ3n) is 5.50. The van der Waals surface area contributed by atoms with Crippen LogP contribution in [0.3, 0.4) is 0 Å². The number of carbonyl (C=O) groups is 1. The highest BCUT2D eigenvalue weighted by atomic mass is 19.4. The van der Waals surface area contributed by atoms with E-state index in [4.69, 9.17) is 0 Å². The van der Waals surface area contributed by atoms with Crippen LogP contribution < -0.4 is 10.3 Å². The molecule has 0 unspecified atom stereocenters. The maximum absolute atomic E-state index is 13.2. The predicted octanol–water partition coefficient (Wildman–Crippen LogP) is 5.17. The number of nitrogens with zero attached hydrogens (tertiary/aromatic N) is 3. The van der Waals surface area contributed by atoms with Crippen LogP contribution in [0.5, 0.6) is 0 Å². The molecule has 3 aromatic rings. The Morgan fingerprint density at radius 1 is 0.941 bits per heavy atom. The normalized spacial score (nSPS) is 14.1. The van der Waals surface area contributed by atoms with E-state index in [1.165, 1.54) is 30.0 Å². The van der Waals surface area contributed by atoms with Gasteiger partial charge in [-0.3, -0.25) is 9.59 Å². The molecular formula is C23H17F6N3O2. The number of amides is 1. The first-order valence-corrected chi connectivity index (χ1v) is 10.2. The molecule has 5 nitrogen and oxygen atoms in total. The fourth-order valence-corrected chi connectivity index (χ4v) is 3.88. The SMILES string of the molecule is Cc1cc(=O)c(C(=O)N2CCCc3cc(C(F)(F)F)ccc32)nn1-c1cccc(C(F)(F)F)c1. The zero-order valence-electron chi connectivity index (χ0n) is 17.7. The summed E-state index contributed by atoms with van der Waals surface area (Å²) >= 11 is 0. The lowest BCUT2D eigenvalue weighted by atomic mass is 9.98. The molecule has 4 rings (SSSR count). The average molecular weight is 481 g/mol. The molecule has 2 heterocycles. The number of anilines is 1. The summed E-state index contributed by atoms with van der Waals surface area (Å²) in [5.41, 5.74) is -2.33. The fraction of sp³-hybridized carbons (Fsp3) is 0.261. The van der Waals surface area contributed by atoms with Crippen molar-refractivity contribution in [3.63, 3.8) is 0 Å². The minimum atomic E-state index is -4.60. The van der Waals surface area contributed by atoms with Gasteiger partial charge in [-0.25, -0.2) is 4.68 Å². The number of aryl methyl sites for hydroxylation is 2. The number of fused-ring (bicyclic) bond motifs is 1. The summed E-state index contributed by atoms with van der Waals surface area (Å²) in [6.45, 7) is 1.60. The predicted molar refractivity (Wildman–Crippen MR) is 111 cm³/mol. The van der Waals surface area contributed by atoms with E-state index in [0.717, 1.165) is 35.0 Å². The summed E-state index contributed by atoms with van der Waals surface area (Å²) < 4.78 is 79.7. The lowest BCUT2D eigenvalue weighted by Gasteiger charge is -2.29. The van der Waals surface area contributed by atoms with Crippen molar-refractivity contribution in [2.75, 3.05) is 11.4 Å². The van der Waals surface area contributed by atoms with Gasteiger partial charge in [0.15, 0.2) is 5.69 Å². The van der Waals surface area contributed by atoms with Gasteiger partial charge in [0.05, 0.1) is 16.8 Å². The van der Waals surface area contributed by atoms with Gasteiger partial charge in [0.25, 0.3) is 5.91 Å². The minimum Gasteiger partial charge on any atom is -0.307 e.